The maximum atomic E-state index is 11.9. The van der Waals surface area contributed by atoms with Crippen molar-refractivity contribution < 1.29 is 19.1 Å². The molecular formula is C17H17NO4. The molecule has 0 spiro atoms. The molecule has 0 aliphatic heterocycles. The van der Waals surface area contributed by atoms with Crippen molar-refractivity contribution in [2.45, 2.75) is 26.9 Å². The van der Waals surface area contributed by atoms with Crippen molar-refractivity contribution in [3.05, 3.63) is 48.2 Å². The first-order valence-corrected chi connectivity index (χ1v) is 6.92. The normalized spacial score (nSPS) is 10.4. The van der Waals surface area contributed by atoms with Crippen LogP contribution >= 0.6 is 0 Å². The summed E-state index contributed by atoms with van der Waals surface area (Å²) >= 11 is 0. The number of pyridine rings is 1. The topological polar surface area (TPSA) is 65.5 Å². The molecule has 0 N–H and O–H groups in total. The van der Waals surface area contributed by atoms with E-state index in [1.165, 1.54) is 6.92 Å². The van der Waals surface area contributed by atoms with Crippen LogP contribution in [-0.2, 0) is 9.53 Å². The molecule has 0 radical (unpaired) electrons. The summed E-state index contributed by atoms with van der Waals surface area (Å²) in [5.41, 5.74) is 1.72. The molecule has 0 atom stereocenters. The summed E-state index contributed by atoms with van der Waals surface area (Å²) < 4.78 is 10.1. The molecule has 2 aromatic rings. The van der Waals surface area contributed by atoms with E-state index in [0.717, 1.165) is 5.56 Å². The number of carbonyl (C=O) groups is 2. The summed E-state index contributed by atoms with van der Waals surface area (Å²) in [5.74, 6) is -0.357. The minimum Gasteiger partial charge on any atom is -0.458 e. The van der Waals surface area contributed by atoms with Gasteiger partial charge in [-0.1, -0.05) is 6.07 Å². The van der Waals surface area contributed by atoms with E-state index in [0.29, 0.717) is 11.4 Å². The van der Waals surface area contributed by atoms with Crippen LogP contribution in [0.5, 0.6) is 5.75 Å². The Morgan fingerprint density at radius 2 is 1.73 bits per heavy atom. The van der Waals surface area contributed by atoms with E-state index in [-0.39, 0.29) is 17.8 Å². The molecule has 0 aliphatic carbocycles. The van der Waals surface area contributed by atoms with E-state index in [2.05, 4.69) is 4.98 Å². The monoisotopic (exact) mass is 299 g/mol. The number of carbonyl (C=O) groups excluding carboxylic acids is 2. The third kappa shape index (κ3) is 4.15. The van der Waals surface area contributed by atoms with Crippen LogP contribution in [0.4, 0.5) is 0 Å². The Hall–Kier alpha value is -2.69. The minimum absolute atomic E-state index is 0.194. The SMILES string of the molecule is CC(=O)Oc1ccc(-c2cccc(C(=O)OC(C)C)n2)cc1. The van der Waals surface area contributed by atoms with Crippen molar-refractivity contribution in [2.24, 2.45) is 0 Å². The summed E-state index contributed by atoms with van der Waals surface area (Å²) in [6.45, 7) is 4.92. The van der Waals surface area contributed by atoms with E-state index in [1.807, 2.05) is 0 Å². The number of nitrogens with zero attached hydrogens (tertiary/aromatic N) is 1. The van der Waals surface area contributed by atoms with Gasteiger partial charge in [-0.25, -0.2) is 9.78 Å². The van der Waals surface area contributed by atoms with Crippen LogP contribution in [0, 0.1) is 0 Å². The standard InChI is InChI=1S/C17H17NO4/c1-11(2)21-17(20)16-6-4-5-15(18-16)13-7-9-14(10-8-13)22-12(3)19/h4-11H,1-3H3. The Morgan fingerprint density at radius 3 is 2.32 bits per heavy atom. The third-order valence-corrected chi connectivity index (χ3v) is 2.71. The molecule has 0 fully saturated rings. The van der Waals surface area contributed by atoms with Gasteiger partial charge >= 0.3 is 11.9 Å². The minimum atomic E-state index is -0.451. The van der Waals surface area contributed by atoms with Gasteiger partial charge in [-0.2, -0.15) is 0 Å². The van der Waals surface area contributed by atoms with Gasteiger partial charge in [-0.05, 0) is 50.2 Å². The first kappa shape index (κ1) is 15.7. The van der Waals surface area contributed by atoms with Gasteiger partial charge in [0.2, 0.25) is 0 Å². The lowest BCUT2D eigenvalue weighted by Crippen LogP contribution is -2.13. The maximum absolute atomic E-state index is 11.9. The van der Waals surface area contributed by atoms with Crippen LogP contribution < -0.4 is 4.74 Å². The lowest BCUT2D eigenvalue weighted by atomic mass is 10.1. The van der Waals surface area contributed by atoms with Crippen molar-refractivity contribution in [3.63, 3.8) is 0 Å². The zero-order chi connectivity index (χ0) is 16.1. The van der Waals surface area contributed by atoms with Crippen molar-refractivity contribution in [1.82, 2.24) is 4.98 Å². The molecule has 5 nitrogen and oxygen atoms in total. The maximum Gasteiger partial charge on any atom is 0.357 e. The molecule has 0 unspecified atom stereocenters. The summed E-state index contributed by atoms with van der Waals surface area (Å²) in [5, 5.41) is 0. The highest BCUT2D eigenvalue weighted by molar-refractivity contribution is 5.88. The number of hydrogen-bond donors (Lipinski definition) is 0. The fraction of sp³-hybridized carbons (Fsp3) is 0.235. The molecule has 5 heteroatoms. The lowest BCUT2D eigenvalue weighted by Gasteiger charge is -2.08. The van der Waals surface area contributed by atoms with Crippen LogP contribution in [0.15, 0.2) is 42.5 Å². The van der Waals surface area contributed by atoms with Gasteiger partial charge in [0, 0.05) is 12.5 Å². The number of rotatable bonds is 4. The predicted molar refractivity (Wildman–Crippen MR) is 81.5 cm³/mol. The van der Waals surface area contributed by atoms with Gasteiger partial charge in [-0.15, -0.1) is 0 Å². The molecule has 0 bridgehead atoms. The Bertz CT molecular complexity index is 677. The molecule has 2 rings (SSSR count). The molecule has 0 saturated heterocycles. The summed E-state index contributed by atoms with van der Waals surface area (Å²) in [6, 6.07) is 12.1. The quantitative estimate of drug-likeness (QED) is 0.640. The Balaban J connectivity index is 2.22. The lowest BCUT2D eigenvalue weighted by molar-refractivity contribution is -0.131. The first-order chi connectivity index (χ1) is 10.5. The van der Waals surface area contributed by atoms with Crippen LogP contribution in [0.25, 0.3) is 11.3 Å². The molecule has 22 heavy (non-hydrogen) atoms. The number of esters is 2. The predicted octanol–water partition coefficient (Wildman–Crippen LogP) is 3.24. The van der Waals surface area contributed by atoms with Gasteiger partial charge in [0.15, 0.2) is 0 Å². The molecule has 0 saturated carbocycles. The summed E-state index contributed by atoms with van der Waals surface area (Å²) in [4.78, 5) is 27.1. The first-order valence-electron chi connectivity index (χ1n) is 6.92. The van der Waals surface area contributed by atoms with Crippen molar-refractivity contribution in [2.75, 3.05) is 0 Å². The van der Waals surface area contributed by atoms with Gasteiger partial charge in [0.25, 0.3) is 0 Å². The molecule has 1 heterocycles. The van der Waals surface area contributed by atoms with Crippen LogP contribution in [0.3, 0.4) is 0 Å². The number of aromatic nitrogens is 1. The smallest absolute Gasteiger partial charge is 0.357 e. The number of benzene rings is 1. The van der Waals surface area contributed by atoms with E-state index >= 15 is 0 Å². The average molecular weight is 299 g/mol. The van der Waals surface area contributed by atoms with E-state index in [4.69, 9.17) is 9.47 Å². The second-order valence-corrected chi connectivity index (χ2v) is 4.98. The molecule has 1 aromatic heterocycles. The van der Waals surface area contributed by atoms with Crippen molar-refractivity contribution in [3.8, 4) is 17.0 Å². The van der Waals surface area contributed by atoms with E-state index in [9.17, 15) is 9.59 Å². The van der Waals surface area contributed by atoms with Gasteiger partial charge < -0.3 is 9.47 Å². The third-order valence-electron chi connectivity index (χ3n) is 2.71. The number of hydrogen-bond acceptors (Lipinski definition) is 5. The summed E-state index contributed by atoms with van der Waals surface area (Å²) in [6.07, 6.45) is -0.194. The highest BCUT2D eigenvalue weighted by atomic mass is 16.5. The summed E-state index contributed by atoms with van der Waals surface area (Å²) in [7, 11) is 0. The Labute approximate surface area is 128 Å². The second-order valence-electron chi connectivity index (χ2n) is 4.98. The van der Waals surface area contributed by atoms with Crippen molar-refractivity contribution >= 4 is 11.9 Å². The Morgan fingerprint density at radius 1 is 1.05 bits per heavy atom. The zero-order valence-electron chi connectivity index (χ0n) is 12.7. The second kappa shape index (κ2) is 6.85. The molecule has 0 aliphatic rings. The van der Waals surface area contributed by atoms with Gasteiger partial charge in [0.05, 0.1) is 11.8 Å². The molecular weight excluding hydrogens is 282 g/mol. The number of ether oxygens (including phenoxy) is 2. The molecule has 114 valence electrons. The zero-order valence-corrected chi connectivity index (χ0v) is 12.7. The fourth-order valence-corrected chi connectivity index (χ4v) is 1.84. The average Bonchev–Trinajstić information content (AvgIpc) is 2.47. The molecule has 1 aromatic carbocycles. The Kier molecular flexibility index (Phi) is 4.88. The van der Waals surface area contributed by atoms with Crippen LogP contribution in [-0.4, -0.2) is 23.0 Å². The highest BCUT2D eigenvalue weighted by Crippen LogP contribution is 2.21. The van der Waals surface area contributed by atoms with E-state index < -0.39 is 5.97 Å². The van der Waals surface area contributed by atoms with E-state index in [1.54, 1.807) is 56.3 Å². The van der Waals surface area contributed by atoms with Gasteiger partial charge in [-0.3, -0.25) is 4.79 Å². The molecule has 0 amide bonds. The van der Waals surface area contributed by atoms with Crippen LogP contribution in [0.1, 0.15) is 31.3 Å². The van der Waals surface area contributed by atoms with Crippen molar-refractivity contribution in [1.29, 1.82) is 0 Å². The highest BCUT2D eigenvalue weighted by Gasteiger charge is 2.12. The largest absolute Gasteiger partial charge is 0.458 e. The van der Waals surface area contributed by atoms with Gasteiger partial charge in [0.1, 0.15) is 11.4 Å². The fourth-order valence-electron chi connectivity index (χ4n) is 1.84. The van der Waals surface area contributed by atoms with Crippen LogP contribution in [0.2, 0.25) is 0 Å².